The van der Waals surface area contributed by atoms with Gasteiger partial charge in [-0.1, -0.05) is 27.4 Å². The maximum Gasteiger partial charge on any atom is 0.123 e. The Bertz CT molecular complexity index is 238. The molecule has 0 aliphatic carbocycles. The average Bonchev–Trinajstić information content (AvgIpc) is 1.93. The van der Waals surface area contributed by atoms with Crippen LogP contribution in [0.15, 0.2) is 24.3 Å². The van der Waals surface area contributed by atoms with Crippen molar-refractivity contribution in [3.05, 3.63) is 29.8 Å². The molecule has 0 heterocycles. The number of rotatable bonds is 2. The summed E-state index contributed by atoms with van der Waals surface area (Å²) in [6.45, 7) is 4.04. The Morgan fingerprint density at radius 3 is 2.42 bits per heavy atom. The fraction of sp³-hybridized carbons (Fsp3) is 0.333. The van der Waals surface area contributed by atoms with Gasteiger partial charge in [-0.05, 0) is 25.5 Å². The van der Waals surface area contributed by atoms with Crippen LogP contribution in [0.4, 0.5) is 0 Å². The summed E-state index contributed by atoms with van der Waals surface area (Å²) >= 11 is 0. The third-order valence-electron chi connectivity index (χ3n) is 1.41. The SMILES string of the molecule is Cc1ccccc1OC(C)P.Cl. The number of aryl methyl sites for hydroxylation is 1. The van der Waals surface area contributed by atoms with E-state index in [0.717, 1.165) is 5.75 Å². The number of para-hydroxylation sites is 1. The number of hydrogen-bond donors (Lipinski definition) is 0. The Kier molecular flexibility index (Phi) is 5.28. The van der Waals surface area contributed by atoms with Gasteiger partial charge < -0.3 is 4.74 Å². The van der Waals surface area contributed by atoms with Crippen molar-refractivity contribution in [2.24, 2.45) is 0 Å². The predicted molar refractivity (Wildman–Crippen MR) is 58.2 cm³/mol. The quantitative estimate of drug-likeness (QED) is 0.673. The lowest BCUT2D eigenvalue weighted by atomic mass is 10.2. The Balaban J connectivity index is 0.00000121. The zero-order valence-corrected chi connectivity index (χ0v) is 9.25. The van der Waals surface area contributed by atoms with Crippen molar-refractivity contribution in [1.29, 1.82) is 0 Å². The first-order valence-corrected chi connectivity index (χ1v) is 4.34. The van der Waals surface area contributed by atoms with Gasteiger partial charge in [-0.2, -0.15) is 0 Å². The molecule has 0 aromatic heterocycles. The molecule has 0 spiro atoms. The summed E-state index contributed by atoms with van der Waals surface area (Å²) in [7, 11) is 2.61. The van der Waals surface area contributed by atoms with Gasteiger partial charge >= 0.3 is 0 Å². The zero-order chi connectivity index (χ0) is 8.27. The number of hydrogen-bond acceptors (Lipinski definition) is 1. The molecule has 3 heteroatoms. The van der Waals surface area contributed by atoms with Gasteiger partial charge in [0.2, 0.25) is 0 Å². The van der Waals surface area contributed by atoms with Crippen LogP contribution in [-0.4, -0.2) is 5.85 Å². The summed E-state index contributed by atoms with van der Waals surface area (Å²) in [5, 5.41) is 0. The second-order valence-electron chi connectivity index (χ2n) is 2.59. The van der Waals surface area contributed by atoms with E-state index in [4.69, 9.17) is 4.74 Å². The molecule has 0 bridgehead atoms. The first kappa shape index (κ1) is 11.7. The van der Waals surface area contributed by atoms with Crippen molar-refractivity contribution in [1.82, 2.24) is 0 Å². The first-order chi connectivity index (χ1) is 5.20. The molecule has 0 aliphatic rings. The Hall–Kier alpha value is -0.260. The molecule has 0 saturated carbocycles. The highest BCUT2D eigenvalue weighted by molar-refractivity contribution is 7.17. The smallest absolute Gasteiger partial charge is 0.123 e. The molecule has 1 rings (SSSR count). The highest BCUT2D eigenvalue weighted by Gasteiger charge is 1.98. The van der Waals surface area contributed by atoms with Crippen LogP contribution >= 0.6 is 21.6 Å². The Labute approximate surface area is 82.1 Å². The van der Waals surface area contributed by atoms with E-state index in [1.165, 1.54) is 5.56 Å². The van der Waals surface area contributed by atoms with Crippen LogP contribution in [0.3, 0.4) is 0 Å². The van der Waals surface area contributed by atoms with Crippen molar-refractivity contribution >= 4 is 21.6 Å². The second-order valence-corrected chi connectivity index (χ2v) is 3.53. The molecule has 0 aliphatic heterocycles. The van der Waals surface area contributed by atoms with Crippen molar-refractivity contribution in [3.63, 3.8) is 0 Å². The predicted octanol–water partition coefficient (Wildman–Crippen LogP) is 3.02. The molecule has 0 saturated heterocycles. The fourth-order valence-corrected chi connectivity index (χ4v) is 1.04. The third kappa shape index (κ3) is 3.42. The van der Waals surface area contributed by atoms with E-state index in [0.29, 0.717) is 0 Å². The molecule has 12 heavy (non-hydrogen) atoms. The standard InChI is InChI=1S/C9H13OP.ClH/c1-7-5-3-4-6-9(7)10-8(2)11;/h3-6,8H,11H2,1-2H3;1H. The van der Waals surface area contributed by atoms with Crippen LogP contribution in [0, 0.1) is 6.92 Å². The molecular formula is C9H14ClOP. The number of benzene rings is 1. The van der Waals surface area contributed by atoms with Gasteiger partial charge in [0.05, 0.1) is 0 Å². The van der Waals surface area contributed by atoms with Gasteiger partial charge in [0.15, 0.2) is 0 Å². The van der Waals surface area contributed by atoms with E-state index in [1.54, 1.807) is 0 Å². The van der Waals surface area contributed by atoms with Gasteiger partial charge in [0.25, 0.3) is 0 Å². The van der Waals surface area contributed by atoms with E-state index < -0.39 is 0 Å². The summed E-state index contributed by atoms with van der Waals surface area (Å²) in [4.78, 5) is 0. The van der Waals surface area contributed by atoms with Crippen LogP contribution in [0.25, 0.3) is 0 Å². The molecule has 2 unspecified atom stereocenters. The van der Waals surface area contributed by atoms with Crippen LogP contribution in [-0.2, 0) is 0 Å². The van der Waals surface area contributed by atoms with Crippen LogP contribution in [0.2, 0.25) is 0 Å². The number of halogens is 1. The van der Waals surface area contributed by atoms with E-state index in [-0.39, 0.29) is 18.3 Å². The van der Waals surface area contributed by atoms with E-state index in [2.05, 4.69) is 9.24 Å². The maximum absolute atomic E-state index is 5.51. The summed E-state index contributed by atoms with van der Waals surface area (Å²) < 4.78 is 5.51. The minimum Gasteiger partial charge on any atom is -0.487 e. The summed E-state index contributed by atoms with van der Waals surface area (Å²) in [6.07, 6.45) is 0. The van der Waals surface area contributed by atoms with E-state index in [9.17, 15) is 0 Å². The Morgan fingerprint density at radius 1 is 1.33 bits per heavy atom. The van der Waals surface area contributed by atoms with Gasteiger partial charge in [-0.3, -0.25) is 0 Å². The molecule has 1 nitrogen and oxygen atoms in total. The monoisotopic (exact) mass is 204 g/mol. The number of ether oxygens (including phenoxy) is 1. The minimum absolute atomic E-state index is 0. The average molecular weight is 205 g/mol. The maximum atomic E-state index is 5.51. The van der Waals surface area contributed by atoms with Crippen molar-refractivity contribution in [2.45, 2.75) is 19.7 Å². The van der Waals surface area contributed by atoms with Gasteiger partial charge in [-0.25, -0.2) is 0 Å². The molecule has 2 atom stereocenters. The third-order valence-corrected chi connectivity index (χ3v) is 1.54. The molecule has 0 N–H and O–H groups in total. The highest BCUT2D eigenvalue weighted by Crippen LogP contribution is 2.18. The molecule has 0 amide bonds. The second kappa shape index (κ2) is 5.40. The van der Waals surface area contributed by atoms with Gasteiger partial charge in [0.1, 0.15) is 11.6 Å². The zero-order valence-electron chi connectivity index (χ0n) is 7.28. The van der Waals surface area contributed by atoms with E-state index in [1.807, 2.05) is 38.1 Å². The van der Waals surface area contributed by atoms with Crippen molar-refractivity contribution in [3.8, 4) is 5.75 Å². The van der Waals surface area contributed by atoms with Crippen molar-refractivity contribution < 1.29 is 4.74 Å². The summed E-state index contributed by atoms with van der Waals surface area (Å²) in [5.74, 6) is 1.14. The van der Waals surface area contributed by atoms with E-state index >= 15 is 0 Å². The van der Waals surface area contributed by atoms with Crippen molar-refractivity contribution in [2.75, 3.05) is 0 Å². The largest absolute Gasteiger partial charge is 0.487 e. The topological polar surface area (TPSA) is 9.23 Å². The molecule has 1 aromatic rings. The molecular weight excluding hydrogens is 191 g/mol. The van der Waals surface area contributed by atoms with Gasteiger partial charge in [-0.15, -0.1) is 12.4 Å². The van der Waals surface area contributed by atoms with Crippen LogP contribution in [0.1, 0.15) is 12.5 Å². The fourth-order valence-electron chi connectivity index (χ4n) is 0.889. The first-order valence-electron chi connectivity index (χ1n) is 3.68. The minimum atomic E-state index is 0. The highest BCUT2D eigenvalue weighted by atomic mass is 35.5. The molecule has 68 valence electrons. The summed E-state index contributed by atoms with van der Waals surface area (Å²) in [6, 6.07) is 8.02. The molecule has 1 aromatic carbocycles. The normalized spacial score (nSPS) is 11.6. The molecule has 0 fully saturated rings. The van der Waals surface area contributed by atoms with Crippen LogP contribution in [0.5, 0.6) is 5.75 Å². The molecule has 0 radical (unpaired) electrons. The summed E-state index contributed by atoms with van der Waals surface area (Å²) in [5.41, 5.74) is 1.18. The van der Waals surface area contributed by atoms with Crippen LogP contribution < -0.4 is 4.74 Å². The Morgan fingerprint density at radius 2 is 1.92 bits per heavy atom. The van der Waals surface area contributed by atoms with Gasteiger partial charge in [0, 0.05) is 0 Å². The lowest BCUT2D eigenvalue weighted by Crippen LogP contribution is -2.02. The lowest BCUT2D eigenvalue weighted by Gasteiger charge is -2.11. The lowest BCUT2D eigenvalue weighted by molar-refractivity contribution is 0.305.